The second-order valence-electron chi connectivity index (χ2n) is 4.42. The predicted octanol–water partition coefficient (Wildman–Crippen LogP) is 1.45. The summed E-state index contributed by atoms with van der Waals surface area (Å²) in [5.74, 6) is 0.760. The minimum Gasteiger partial charge on any atom is -0.369 e. The Hall–Kier alpha value is -2.30. The maximum atomic E-state index is 11.7. The molecule has 1 aliphatic heterocycles. The summed E-state index contributed by atoms with van der Waals surface area (Å²) in [6.45, 7) is 0. The number of nitrogens with zero attached hydrogens (tertiary/aromatic N) is 1. The number of aromatic nitrogens is 2. The summed E-state index contributed by atoms with van der Waals surface area (Å²) in [5.41, 5.74) is 7.31. The molecule has 92 valence electrons. The van der Waals surface area contributed by atoms with E-state index in [9.17, 15) is 4.79 Å². The lowest BCUT2D eigenvalue weighted by molar-refractivity contribution is 0.654. The molecule has 0 fully saturated rings. The van der Waals surface area contributed by atoms with Gasteiger partial charge in [-0.25, -0.2) is 0 Å². The van der Waals surface area contributed by atoms with Crippen LogP contribution in [0.2, 0.25) is 0 Å². The normalized spacial score (nSPS) is 17.9. The molecular formula is C13H14N4O. The highest BCUT2D eigenvalue weighted by molar-refractivity contribution is 5.50. The first kappa shape index (κ1) is 10.8. The molecule has 0 aliphatic carbocycles. The number of anilines is 2. The molecule has 5 nitrogen and oxygen atoms in total. The number of hydrogen-bond acceptors (Lipinski definition) is 4. The van der Waals surface area contributed by atoms with Gasteiger partial charge < -0.3 is 11.1 Å². The van der Waals surface area contributed by atoms with Crippen LogP contribution in [-0.4, -0.2) is 9.97 Å². The van der Waals surface area contributed by atoms with Gasteiger partial charge in [0.05, 0.1) is 11.6 Å². The standard InChI is InChI=1S/C13H14N4O/c14-13-16-11-9(12(18)17-13)6-7-10(15-11)8-4-2-1-3-5-8/h1-5,10H,6-7H2,(H4,14,15,16,17,18). The van der Waals surface area contributed by atoms with Gasteiger partial charge in [-0.05, 0) is 18.4 Å². The summed E-state index contributed by atoms with van der Waals surface area (Å²) in [5, 5.41) is 3.28. The second-order valence-corrected chi connectivity index (χ2v) is 4.42. The summed E-state index contributed by atoms with van der Waals surface area (Å²) >= 11 is 0. The Labute approximate surface area is 104 Å². The molecule has 2 aromatic rings. The van der Waals surface area contributed by atoms with Crippen LogP contribution in [0.1, 0.15) is 23.6 Å². The molecule has 18 heavy (non-hydrogen) atoms. The van der Waals surface area contributed by atoms with Gasteiger partial charge in [0.15, 0.2) is 0 Å². The largest absolute Gasteiger partial charge is 0.369 e. The van der Waals surface area contributed by atoms with Gasteiger partial charge in [-0.3, -0.25) is 9.78 Å². The van der Waals surface area contributed by atoms with Crippen LogP contribution in [0, 0.1) is 0 Å². The molecule has 3 rings (SSSR count). The molecule has 0 bridgehead atoms. The lowest BCUT2D eigenvalue weighted by Crippen LogP contribution is -2.27. The van der Waals surface area contributed by atoms with Crippen LogP contribution in [0.25, 0.3) is 0 Å². The van der Waals surface area contributed by atoms with Gasteiger partial charge in [0.2, 0.25) is 5.95 Å². The second kappa shape index (κ2) is 4.18. The number of nitrogen functional groups attached to an aromatic ring is 1. The van der Waals surface area contributed by atoms with Gasteiger partial charge in [-0.2, -0.15) is 4.98 Å². The van der Waals surface area contributed by atoms with Gasteiger partial charge in [0.25, 0.3) is 5.56 Å². The van der Waals surface area contributed by atoms with Crippen LogP contribution in [0.5, 0.6) is 0 Å². The molecule has 5 heteroatoms. The van der Waals surface area contributed by atoms with Crippen molar-refractivity contribution in [2.24, 2.45) is 0 Å². The summed E-state index contributed by atoms with van der Waals surface area (Å²) in [7, 11) is 0. The van der Waals surface area contributed by atoms with Gasteiger partial charge >= 0.3 is 0 Å². The van der Waals surface area contributed by atoms with E-state index in [1.165, 1.54) is 5.56 Å². The molecule has 1 unspecified atom stereocenters. The summed E-state index contributed by atoms with van der Waals surface area (Å²) in [6.07, 6.45) is 1.59. The van der Waals surface area contributed by atoms with Crippen LogP contribution < -0.4 is 16.6 Å². The van der Waals surface area contributed by atoms with Crippen molar-refractivity contribution in [3.05, 3.63) is 51.8 Å². The third-order valence-electron chi connectivity index (χ3n) is 3.23. The zero-order valence-corrected chi connectivity index (χ0v) is 9.81. The van der Waals surface area contributed by atoms with Gasteiger partial charge in [-0.1, -0.05) is 30.3 Å². The Bertz CT molecular complexity index is 621. The molecule has 0 saturated heterocycles. The molecule has 0 saturated carbocycles. The highest BCUT2D eigenvalue weighted by Crippen LogP contribution is 2.29. The average molecular weight is 242 g/mol. The minimum atomic E-state index is -0.142. The Morgan fingerprint density at radius 3 is 2.83 bits per heavy atom. The monoisotopic (exact) mass is 242 g/mol. The molecule has 4 N–H and O–H groups in total. The first-order chi connectivity index (χ1) is 8.74. The van der Waals surface area contributed by atoms with E-state index in [0.717, 1.165) is 6.42 Å². The van der Waals surface area contributed by atoms with Gasteiger partial charge in [-0.15, -0.1) is 0 Å². The third kappa shape index (κ3) is 1.84. The lowest BCUT2D eigenvalue weighted by Gasteiger charge is -2.25. The van der Waals surface area contributed by atoms with Crippen molar-refractivity contribution in [1.82, 2.24) is 9.97 Å². The molecule has 1 atom stereocenters. The smallest absolute Gasteiger partial charge is 0.257 e. The van der Waals surface area contributed by atoms with Crippen molar-refractivity contribution >= 4 is 11.8 Å². The maximum Gasteiger partial charge on any atom is 0.257 e. The van der Waals surface area contributed by atoms with E-state index in [0.29, 0.717) is 17.8 Å². The summed E-state index contributed by atoms with van der Waals surface area (Å²) in [6, 6.07) is 10.3. The number of aromatic amines is 1. The first-order valence-electron chi connectivity index (χ1n) is 5.94. The van der Waals surface area contributed by atoms with Crippen LogP contribution in [0.4, 0.5) is 11.8 Å². The van der Waals surface area contributed by atoms with E-state index in [4.69, 9.17) is 5.73 Å². The van der Waals surface area contributed by atoms with E-state index in [2.05, 4.69) is 27.4 Å². The number of hydrogen-bond donors (Lipinski definition) is 3. The van der Waals surface area contributed by atoms with Crippen molar-refractivity contribution in [3.63, 3.8) is 0 Å². The fraction of sp³-hybridized carbons (Fsp3) is 0.231. The van der Waals surface area contributed by atoms with Crippen LogP contribution in [-0.2, 0) is 6.42 Å². The Kier molecular flexibility index (Phi) is 2.51. The molecule has 0 amide bonds. The quantitative estimate of drug-likeness (QED) is 0.706. The number of nitrogens with one attached hydrogen (secondary N) is 2. The Morgan fingerprint density at radius 1 is 1.28 bits per heavy atom. The number of rotatable bonds is 1. The predicted molar refractivity (Wildman–Crippen MR) is 70.4 cm³/mol. The van der Waals surface area contributed by atoms with Crippen molar-refractivity contribution in [2.75, 3.05) is 11.1 Å². The number of benzene rings is 1. The Morgan fingerprint density at radius 2 is 2.06 bits per heavy atom. The summed E-state index contributed by atoms with van der Waals surface area (Å²) < 4.78 is 0. The summed E-state index contributed by atoms with van der Waals surface area (Å²) in [4.78, 5) is 18.4. The maximum absolute atomic E-state index is 11.7. The van der Waals surface area contributed by atoms with Crippen LogP contribution in [0.3, 0.4) is 0 Å². The zero-order valence-electron chi connectivity index (χ0n) is 9.81. The molecule has 0 radical (unpaired) electrons. The van der Waals surface area contributed by atoms with Crippen molar-refractivity contribution < 1.29 is 0 Å². The fourth-order valence-corrected chi connectivity index (χ4v) is 2.33. The SMILES string of the molecule is Nc1nc2c(c(=O)[nH]1)CCC(c1ccccc1)N2. The minimum absolute atomic E-state index is 0.142. The fourth-order valence-electron chi connectivity index (χ4n) is 2.33. The highest BCUT2D eigenvalue weighted by Gasteiger charge is 2.22. The topological polar surface area (TPSA) is 83.8 Å². The molecule has 1 aromatic carbocycles. The number of nitrogens with two attached hydrogens (primary N) is 1. The zero-order chi connectivity index (χ0) is 12.5. The van der Waals surface area contributed by atoms with Crippen LogP contribution in [0.15, 0.2) is 35.1 Å². The van der Waals surface area contributed by atoms with E-state index in [1.807, 2.05) is 18.2 Å². The lowest BCUT2D eigenvalue weighted by atomic mass is 9.96. The van der Waals surface area contributed by atoms with E-state index >= 15 is 0 Å². The van der Waals surface area contributed by atoms with Crippen molar-refractivity contribution in [1.29, 1.82) is 0 Å². The van der Waals surface area contributed by atoms with Gasteiger partial charge in [0.1, 0.15) is 5.82 Å². The molecule has 0 spiro atoms. The van der Waals surface area contributed by atoms with E-state index in [-0.39, 0.29) is 17.5 Å². The van der Waals surface area contributed by atoms with Crippen LogP contribution >= 0.6 is 0 Å². The third-order valence-corrected chi connectivity index (χ3v) is 3.23. The average Bonchev–Trinajstić information content (AvgIpc) is 2.39. The van der Waals surface area contributed by atoms with Crippen molar-refractivity contribution in [3.8, 4) is 0 Å². The number of H-pyrrole nitrogens is 1. The Balaban J connectivity index is 1.96. The molecule has 1 aromatic heterocycles. The molecule has 1 aliphatic rings. The van der Waals surface area contributed by atoms with E-state index < -0.39 is 0 Å². The highest BCUT2D eigenvalue weighted by atomic mass is 16.1. The number of fused-ring (bicyclic) bond motifs is 1. The molecular weight excluding hydrogens is 228 g/mol. The first-order valence-corrected chi connectivity index (χ1v) is 5.94. The van der Waals surface area contributed by atoms with E-state index in [1.54, 1.807) is 0 Å². The van der Waals surface area contributed by atoms with Gasteiger partial charge in [0, 0.05) is 0 Å². The molecule has 2 heterocycles. The van der Waals surface area contributed by atoms with Crippen molar-refractivity contribution in [2.45, 2.75) is 18.9 Å².